The molecule has 2 aromatic rings. The summed E-state index contributed by atoms with van der Waals surface area (Å²) >= 11 is 1.09. The van der Waals surface area contributed by atoms with Crippen molar-refractivity contribution in [3.63, 3.8) is 0 Å². The summed E-state index contributed by atoms with van der Waals surface area (Å²) in [7, 11) is 0. The van der Waals surface area contributed by atoms with Crippen LogP contribution in [0.25, 0.3) is 0 Å². The highest BCUT2D eigenvalue weighted by Gasteiger charge is 2.08. The fourth-order valence-electron chi connectivity index (χ4n) is 1.89. The first-order valence-corrected chi connectivity index (χ1v) is 8.64. The van der Waals surface area contributed by atoms with Gasteiger partial charge in [0.2, 0.25) is 11.8 Å². The van der Waals surface area contributed by atoms with E-state index in [1.54, 1.807) is 32.0 Å². The number of anilines is 2. The summed E-state index contributed by atoms with van der Waals surface area (Å²) in [5, 5.41) is 13.4. The summed E-state index contributed by atoms with van der Waals surface area (Å²) in [6.07, 6.45) is 0.402. The van der Waals surface area contributed by atoms with Gasteiger partial charge in [-0.25, -0.2) is 0 Å². The highest BCUT2D eigenvalue weighted by molar-refractivity contribution is 7.99. The molecule has 0 fully saturated rings. The van der Waals surface area contributed by atoms with Crippen LogP contribution in [0.2, 0.25) is 0 Å². The number of carbonyl (C=O) groups excluding carboxylic acids is 2. The zero-order valence-electron chi connectivity index (χ0n) is 14.2. The number of hydrogen-bond donors (Lipinski definition) is 3. The predicted molar refractivity (Wildman–Crippen MR) is 96.8 cm³/mol. The maximum absolute atomic E-state index is 12.0. The fraction of sp³-hybridized carbons (Fsp3) is 0.312. The number of aryl methyl sites for hydroxylation is 2. The van der Waals surface area contributed by atoms with Crippen molar-refractivity contribution in [3.05, 3.63) is 39.8 Å². The number of carbonyl (C=O) groups is 2. The van der Waals surface area contributed by atoms with Gasteiger partial charge in [-0.1, -0.05) is 18.7 Å². The van der Waals surface area contributed by atoms with E-state index in [1.807, 2.05) is 6.92 Å². The number of thioether (sulfide) groups is 1. The van der Waals surface area contributed by atoms with Crippen LogP contribution in [0.1, 0.15) is 24.6 Å². The summed E-state index contributed by atoms with van der Waals surface area (Å²) in [6, 6.07) is 5.24. The van der Waals surface area contributed by atoms with Crippen LogP contribution in [0.3, 0.4) is 0 Å². The minimum Gasteiger partial charge on any atom is -0.326 e. The van der Waals surface area contributed by atoms with Gasteiger partial charge in [0.15, 0.2) is 5.16 Å². The Morgan fingerprint density at radius 3 is 2.56 bits per heavy atom. The minimum absolute atomic E-state index is 0.0653. The van der Waals surface area contributed by atoms with E-state index in [2.05, 4.69) is 25.8 Å². The van der Waals surface area contributed by atoms with Gasteiger partial charge in [-0.05, 0) is 37.6 Å². The van der Waals surface area contributed by atoms with Crippen molar-refractivity contribution >= 4 is 35.0 Å². The standard InChI is InChI=1S/C16H19N5O3S/c1-4-13(22)18-12-6-5-11(7-9(12)2)17-14(23)8-25-16-19-15(24)10(3)20-21-16/h5-7H,4,8H2,1-3H3,(H,17,23)(H,18,22)(H,19,21,24). The minimum atomic E-state index is -0.321. The van der Waals surface area contributed by atoms with Crippen molar-refractivity contribution in [3.8, 4) is 0 Å². The maximum Gasteiger partial charge on any atom is 0.273 e. The SMILES string of the molecule is CCC(=O)Nc1ccc(NC(=O)CSc2nnc(C)c(=O)[nH]2)cc1C. The summed E-state index contributed by atoms with van der Waals surface area (Å²) in [5.41, 5.74) is 2.14. The molecule has 0 radical (unpaired) electrons. The van der Waals surface area contributed by atoms with Crippen LogP contribution in [0.4, 0.5) is 11.4 Å². The molecule has 1 heterocycles. The van der Waals surface area contributed by atoms with Crippen molar-refractivity contribution in [1.29, 1.82) is 0 Å². The summed E-state index contributed by atoms with van der Waals surface area (Å²) in [6.45, 7) is 5.19. The zero-order valence-corrected chi connectivity index (χ0v) is 15.0. The maximum atomic E-state index is 12.0. The first-order chi connectivity index (χ1) is 11.9. The van der Waals surface area contributed by atoms with Gasteiger partial charge in [-0.2, -0.15) is 0 Å². The molecule has 0 atom stereocenters. The van der Waals surface area contributed by atoms with E-state index in [9.17, 15) is 14.4 Å². The van der Waals surface area contributed by atoms with Crippen LogP contribution in [-0.4, -0.2) is 32.7 Å². The lowest BCUT2D eigenvalue weighted by Crippen LogP contribution is -2.17. The Labute approximate surface area is 148 Å². The van der Waals surface area contributed by atoms with E-state index in [0.717, 1.165) is 17.3 Å². The lowest BCUT2D eigenvalue weighted by molar-refractivity contribution is -0.116. The topological polar surface area (TPSA) is 117 Å². The van der Waals surface area contributed by atoms with Crippen molar-refractivity contribution < 1.29 is 9.59 Å². The number of aromatic nitrogens is 3. The van der Waals surface area contributed by atoms with Gasteiger partial charge in [0, 0.05) is 17.8 Å². The van der Waals surface area contributed by atoms with Crippen molar-refractivity contribution in [2.75, 3.05) is 16.4 Å². The van der Waals surface area contributed by atoms with E-state index < -0.39 is 0 Å². The molecule has 0 unspecified atom stereocenters. The van der Waals surface area contributed by atoms with Crippen LogP contribution >= 0.6 is 11.8 Å². The van der Waals surface area contributed by atoms with Gasteiger partial charge in [0.05, 0.1) is 5.75 Å². The average Bonchev–Trinajstić information content (AvgIpc) is 2.58. The van der Waals surface area contributed by atoms with E-state index >= 15 is 0 Å². The molecule has 9 heteroatoms. The number of hydrogen-bond acceptors (Lipinski definition) is 6. The Morgan fingerprint density at radius 1 is 1.16 bits per heavy atom. The highest BCUT2D eigenvalue weighted by Crippen LogP contribution is 2.20. The summed E-state index contributed by atoms with van der Waals surface area (Å²) in [5.74, 6) is -0.219. The van der Waals surface area contributed by atoms with Crippen molar-refractivity contribution in [2.24, 2.45) is 0 Å². The average molecular weight is 361 g/mol. The molecule has 1 aromatic heterocycles. The van der Waals surface area contributed by atoms with Gasteiger partial charge in [0.1, 0.15) is 5.69 Å². The predicted octanol–water partition coefficient (Wildman–Crippen LogP) is 1.86. The molecule has 0 saturated carbocycles. The van der Waals surface area contributed by atoms with Gasteiger partial charge >= 0.3 is 0 Å². The van der Waals surface area contributed by atoms with Crippen LogP contribution in [0.15, 0.2) is 28.2 Å². The van der Waals surface area contributed by atoms with Crippen LogP contribution in [0, 0.1) is 13.8 Å². The molecule has 132 valence electrons. The van der Waals surface area contributed by atoms with Crippen LogP contribution < -0.4 is 16.2 Å². The zero-order chi connectivity index (χ0) is 18.4. The summed E-state index contributed by atoms with van der Waals surface area (Å²) in [4.78, 5) is 37.4. The Kier molecular flexibility index (Phi) is 6.29. The highest BCUT2D eigenvalue weighted by atomic mass is 32.2. The second-order valence-corrected chi connectivity index (χ2v) is 6.28. The quantitative estimate of drug-likeness (QED) is 0.676. The largest absolute Gasteiger partial charge is 0.326 e. The lowest BCUT2D eigenvalue weighted by Gasteiger charge is -2.10. The molecule has 2 amide bonds. The summed E-state index contributed by atoms with van der Waals surface area (Å²) < 4.78 is 0. The molecular formula is C16H19N5O3S. The van der Waals surface area contributed by atoms with Crippen LogP contribution in [0.5, 0.6) is 0 Å². The van der Waals surface area contributed by atoms with E-state index in [-0.39, 0.29) is 28.8 Å². The third kappa shape index (κ3) is 5.42. The fourth-order valence-corrected chi connectivity index (χ4v) is 2.50. The Morgan fingerprint density at radius 2 is 1.92 bits per heavy atom. The molecule has 8 nitrogen and oxygen atoms in total. The number of nitrogens with zero attached hydrogens (tertiary/aromatic N) is 2. The van der Waals surface area contributed by atoms with E-state index in [1.165, 1.54) is 0 Å². The molecule has 1 aromatic carbocycles. The van der Waals surface area contributed by atoms with Crippen molar-refractivity contribution in [2.45, 2.75) is 32.3 Å². The molecule has 0 spiro atoms. The third-order valence-electron chi connectivity index (χ3n) is 3.29. The van der Waals surface area contributed by atoms with Gasteiger partial charge in [-0.3, -0.25) is 19.4 Å². The second-order valence-electron chi connectivity index (χ2n) is 5.31. The lowest BCUT2D eigenvalue weighted by atomic mass is 10.1. The van der Waals surface area contributed by atoms with E-state index in [4.69, 9.17) is 0 Å². The first kappa shape index (κ1) is 18.7. The number of amides is 2. The van der Waals surface area contributed by atoms with E-state index in [0.29, 0.717) is 23.0 Å². The molecule has 0 saturated heterocycles. The Balaban J connectivity index is 1.93. The molecule has 0 aliphatic heterocycles. The first-order valence-electron chi connectivity index (χ1n) is 7.65. The van der Waals surface area contributed by atoms with Gasteiger partial charge in [0.25, 0.3) is 5.56 Å². The second kappa shape index (κ2) is 8.43. The molecule has 0 bridgehead atoms. The van der Waals surface area contributed by atoms with Crippen molar-refractivity contribution in [1.82, 2.24) is 15.2 Å². The molecule has 0 aliphatic rings. The number of rotatable bonds is 6. The Bertz CT molecular complexity index is 850. The molecular weight excluding hydrogens is 342 g/mol. The molecule has 2 rings (SSSR count). The molecule has 0 aliphatic carbocycles. The molecule has 25 heavy (non-hydrogen) atoms. The monoisotopic (exact) mass is 361 g/mol. The number of nitrogens with one attached hydrogen (secondary N) is 3. The molecule has 3 N–H and O–H groups in total. The van der Waals surface area contributed by atoms with Crippen LogP contribution in [-0.2, 0) is 9.59 Å². The third-order valence-corrected chi connectivity index (χ3v) is 4.15. The normalized spacial score (nSPS) is 10.4. The number of aromatic amines is 1. The smallest absolute Gasteiger partial charge is 0.273 e. The number of benzene rings is 1. The van der Waals surface area contributed by atoms with Gasteiger partial charge < -0.3 is 10.6 Å². The van der Waals surface area contributed by atoms with Gasteiger partial charge in [-0.15, -0.1) is 10.2 Å². The Hall–Kier alpha value is -2.68. The number of H-pyrrole nitrogens is 1.